The molecule has 0 aliphatic heterocycles. The van der Waals surface area contributed by atoms with Crippen molar-refractivity contribution in [1.82, 2.24) is 10.2 Å². The van der Waals surface area contributed by atoms with Crippen molar-refractivity contribution in [1.29, 1.82) is 0 Å². The van der Waals surface area contributed by atoms with Crippen molar-refractivity contribution in [3.63, 3.8) is 0 Å². The molecule has 0 aromatic carbocycles. The fourth-order valence-corrected chi connectivity index (χ4v) is 10.5. The Kier molecular flexibility index (Phi) is 12.6. The zero-order valence-electron chi connectivity index (χ0n) is 30.3. The van der Waals surface area contributed by atoms with Crippen LogP contribution in [0.5, 0.6) is 0 Å². The molecule has 0 bridgehead atoms. The van der Waals surface area contributed by atoms with Crippen molar-refractivity contribution in [2.45, 2.75) is 131 Å². The predicted molar refractivity (Wildman–Crippen MR) is 185 cm³/mol. The molecular formula is C37H71N5O2. The van der Waals surface area contributed by atoms with E-state index in [0.29, 0.717) is 30.8 Å². The number of fused-ring (bicyclic) bond motifs is 1. The Hall–Kier alpha value is -0.990. The summed E-state index contributed by atoms with van der Waals surface area (Å²) in [6, 6.07) is 0.273. The lowest BCUT2D eigenvalue weighted by atomic mass is 9.45. The molecule has 1 amide bonds. The van der Waals surface area contributed by atoms with Gasteiger partial charge in [-0.1, -0.05) is 93.2 Å². The van der Waals surface area contributed by atoms with Gasteiger partial charge in [0.15, 0.2) is 0 Å². The maximum Gasteiger partial charge on any atom is 0.225 e. The van der Waals surface area contributed by atoms with Crippen LogP contribution < -0.4 is 22.5 Å². The van der Waals surface area contributed by atoms with Gasteiger partial charge in [0.25, 0.3) is 0 Å². The molecule has 3 aliphatic rings. The first kappa shape index (κ1) is 37.5. The molecule has 44 heavy (non-hydrogen) atoms. The Balaban J connectivity index is 2.01. The molecule has 0 heterocycles. The van der Waals surface area contributed by atoms with Crippen LogP contribution in [-0.4, -0.2) is 68.3 Å². The van der Waals surface area contributed by atoms with Crippen molar-refractivity contribution in [3.05, 3.63) is 11.6 Å². The summed E-state index contributed by atoms with van der Waals surface area (Å²) in [4.78, 5) is 16.5. The van der Waals surface area contributed by atoms with Gasteiger partial charge < -0.3 is 32.2 Å². The number of carbonyl (C=O) groups is 1. The average Bonchev–Trinajstić information content (AvgIpc) is 3.20. The summed E-state index contributed by atoms with van der Waals surface area (Å²) in [5, 5.41) is 3.32. The Morgan fingerprint density at radius 3 is 2.41 bits per heavy atom. The summed E-state index contributed by atoms with van der Waals surface area (Å²) in [5.74, 6) is 1.56. The zero-order valence-corrected chi connectivity index (χ0v) is 30.3. The van der Waals surface area contributed by atoms with Crippen LogP contribution in [0.3, 0.4) is 0 Å². The van der Waals surface area contributed by atoms with Gasteiger partial charge in [0, 0.05) is 39.3 Å². The molecule has 3 aliphatic carbocycles. The van der Waals surface area contributed by atoms with Crippen molar-refractivity contribution in [3.8, 4) is 0 Å². The van der Waals surface area contributed by atoms with Gasteiger partial charge in [-0.25, -0.2) is 0 Å². The Morgan fingerprint density at radius 1 is 1.16 bits per heavy atom. The highest BCUT2D eigenvalue weighted by atomic mass is 16.5. The summed E-state index contributed by atoms with van der Waals surface area (Å²) in [7, 11) is 1.81. The number of amides is 1. The van der Waals surface area contributed by atoms with Gasteiger partial charge in [0.05, 0.1) is 17.6 Å². The van der Waals surface area contributed by atoms with E-state index in [1.54, 1.807) is 5.57 Å². The Labute approximate surface area is 271 Å². The molecule has 0 spiro atoms. The number of likely N-dealkylation sites (N-methyl/N-ethyl adjacent to an activating group) is 1. The molecule has 0 aromatic heterocycles. The summed E-state index contributed by atoms with van der Waals surface area (Å²) < 4.78 is 6.34. The second kappa shape index (κ2) is 14.8. The minimum Gasteiger partial charge on any atom is -0.379 e. The number of allylic oxidation sites excluding steroid dienone is 2. The van der Waals surface area contributed by atoms with Gasteiger partial charge >= 0.3 is 0 Å². The van der Waals surface area contributed by atoms with Crippen LogP contribution >= 0.6 is 0 Å². The van der Waals surface area contributed by atoms with Crippen LogP contribution in [0.25, 0.3) is 0 Å². The first-order valence-electron chi connectivity index (χ1n) is 18.1. The van der Waals surface area contributed by atoms with Crippen LogP contribution in [0.15, 0.2) is 11.6 Å². The maximum atomic E-state index is 14.2. The van der Waals surface area contributed by atoms with Crippen LogP contribution in [0.2, 0.25) is 0 Å². The van der Waals surface area contributed by atoms with E-state index in [0.717, 1.165) is 71.0 Å². The van der Waals surface area contributed by atoms with Crippen molar-refractivity contribution >= 4 is 5.91 Å². The zero-order chi connectivity index (χ0) is 33.1. The predicted octanol–water partition coefficient (Wildman–Crippen LogP) is 5.71. The Morgan fingerprint density at radius 2 is 1.84 bits per heavy atom. The number of methoxy groups -OCH3 is 1. The monoisotopic (exact) mass is 618 g/mol. The largest absolute Gasteiger partial charge is 0.379 e. The quantitative estimate of drug-likeness (QED) is 0.175. The highest BCUT2D eigenvalue weighted by Crippen LogP contribution is 2.69. The van der Waals surface area contributed by atoms with E-state index >= 15 is 0 Å². The smallest absolute Gasteiger partial charge is 0.225 e. The number of nitrogens with two attached hydrogens (primary N) is 3. The highest BCUT2D eigenvalue weighted by molar-refractivity contribution is 5.80. The molecule has 6 unspecified atom stereocenters. The fraction of sp³-hybridized carbons (Fsp3) is 0.919. The Bertz CT molecular complexity index is 983. The van der Waals surface area contributed by atoms with Crippen LogP contribution in [0.1, 0.15) is 114 Å². The first-order valence-corrected chi connectivity index (χ1v) is 18.1. The summed E-state index contributed by atoms with van der Waals surface area (Å²) in [6.45, 7) is 25.1. The third-order valence-electron chi connectivity index (χ3n) is 13.5. The number of carbonyl (C=O) groups excluding carboxylic acids is 1. The molecule has 3 rings (SSSR count). The molecule has 7 nitrogen and oxygen atoms in total. The third-order valence-corrected chi connectivity index (χ3v) is 13.5. The molecule has 7 N–H and O–H groups in total. The molecule has 0 radical (unpaired) electrons. The van der Waals surface area contributed by atoms with E-state index in [-0.39, 0.29) is 46.1 Å². The van der Waals surface area contributed by atoms with Gasteiger partial charge in [-0.15, -0.1) is 0 Å². The van der Waals surface area contributed by atoms with E-state index in [4.69, 9.17) is 21.9 Å². The number of rotatable bonds is 15. The van der Waals surface area contributed by atoms with E-state index in [1.165, 1.54) is 0 Å². The van der Waals surface area contributed by atoms with E-state index in [9.17, 15) is 4.79 Å². The molecule has 7 heteroatoms. The van der Waals surface area contributed by atoms with E-state index in [1.807, 2.05) is 7.11 Å². The first-order chi connectivity index (χ1) is 20.6. The molecule has 0 aromatic rings. The van der Waals surface area contributed by atoms with Crippen LogP contribution in [0, 0.1) is 45.8 Å². The molecule has 9 atom stereocenters. The summed E-state index contributed by atoms with van der Waals surface area (Å²) in [5.41, 5.74) is 20.9. The number of nitrogens with one attached hydrogen (secondary N) is 1. The minimum absolute atomic E-state index is 0.0899. The average molecular weight is 618 g/mol. The minimum atomic E-state index is -0.751. The second-order valence-corrected chi connectivity index (χ2v) is 16.3. The van der Waals surface area contributed by atoms with Gasteiger partial charge in [-0.3, -0.25) is 4.79 Å². The van der Waals surface area contributed by atoms with Gasteiger partial charge in [0.1, 0.15) is 0 Å². The summed E-state index contributed by atoms with van der Waals surface area (Å²) >= 11 is 0. The molecule has 0 saturated heterocycles. The second-order valence-electron chi connectivity index (χ2n) is 16.3. The molecule has 256 valence electrons. The van der Waals surface area contributed by atoms with Crippen molar-refractivity contribution in [2.75, 3.05) is 39.8 Å². The van der Waals surface area contributed by atoms with Gasteiger partial charge in [-0.2, -0.15) is 0 Å². The fourth-order valence-electron chi connectivity index (χ4n) is 10.5. The van der Waals surface area contributed by atoms with Crippen molar-refractivity contribution in [2.24, 2.45) is 63.0 Å². The lowest BCUT2D eigenvalue weighted by Crippen LogP contribution is -2.64. The van der Waals surface area contributed by atoms with Gasteiger partial charge in [-0.05, 0) is 78.6 Å². The number of hydrogen-bond donors (Lipinski definition) is 4. The maximum absolute atomic E-state index is 14.2. The topological polar surface area (TPSA) is 120 Å². The number of hydrogen-bond acceptors (Lipinski definition) is 6. The number of nitrogens with zero attached hydrogens (tertiary/aromatic N) is 1. The number of ether oxygens (including phenoxy) is 1. The van der Waals surface area contributed by atoms with Crippen molar-refractivity contribution < 1.29 is 9.53 Å². The molecular weight excluding hydrogens is 546 g/mol. The van der Waals surface area contributed by atoms with E-state index < -0.39 is 5.54 Å². The normalized spacial score (nSPS) is 37.6. The third kappa shape index (κ3) is 6.70. The van der Waals surface area contributed by atoms with Crippen LogP contribution in [-0.2, 0) is 9.53 Å². The molecule has 2 saturated carbocycles. The SMILES string of the molecule is CCC1[C@H](C)[C@H](N)CCC1(C)C1=CCC2C(N)([C@H](CCCC(C)C)C(=O)NCCN(CC)CCN)C(OC)CC2(C)C1(C)C. The molecule has 2 fully saturated rings. The lowest BCUT2D eigenvalue weighted by Gasteiger charge is -2.60. The highest BCUT2D eigenvalue weighted by Gasteiger charge is 2.69. The summed E-state index contributed by atoms with van der Waals surface area (Å²) in [6.07, 6.45) is 10.3. The van der Waals surface area contributed by atoms with Gasteiger partial charge in [0.2, 0.25) is 5.91 Å². The van der Waals surface area contributed by atoms with Crippen LogP contribution in [0.4, 0.5) is 0 Å². The lowest BCUT2D eigenvalue weighted by molar-refractivity contribution is -0.131. The van der Waals surface area contributed by atoms with E-state index in [2.05, 4.69) is 78.6 Å². The standard InChI is InChI=1S/C37H71N5O2/c1-11-27-26(5)29(39)18-19-35(27,8)30-16-17-31-36(9,34(30,6)7)24-32(44-10)37(31,40)28(15-13-14-25(3)4)33(43)41-21-23-42(12-2)22-20-38/h16,25-29,31-32H,11-15,17-24,38-40H2,1-10H3,(H,41,43)/t26-,27?,28+,29+,31?,32?,35?,36?,37?/m0/s1.